The molecule has 0 saturated carbocycles. The maximum atomic E-state index is 11.8. The zero-order valence-corrected chi connectivity index (χ0v) is 13.8. The van der Waals surface area contributed by atoms with Gasteiger partial charge in [-0.05, 0) is 30.9 Å². The van der Waals surface area contributed by atoms with Gasteiger partial charge in [-0.3, -0.25) is 4.79 Å². The van der Waals surface area contributed by atoms with E-state index in [4.69, 9.17) is 0 Å². The Hall–Kier alpha value is -0.630. The van der Waals surface area contributed by atoms with Gasteiger partial charge in [0, 0.05) is 5.56 Å². The van der Waals surface area contributed by atoms with Gasteiger partial charge in [0.15, 0.2) is 5.78 Å². The Morgan fingerprint density at radius 2 is 1.79 bits per heavy atom. The van der Waals surface area contributed by atoms with Gasteiger partial charge >= 0.3 is 0 Å². The molecule has 0 bridgehead atoms. The number of ketones is 1. The number of halogens is 1. The summed E-state index contributed by atoms with van der Waals surface area (Å²) in [5.74, 6) is 0.183. The number of carbonyl (C=O) groups is 1. The zero-order chi connectivity index (χ0) is 14.1. The molecule has 19 heavy (non-hydrogen) atoms. The molecule has 0 fully saturated rings. The van der Waals surface area contributed by atoms with E-state index in [9.17, 15) is 4.79 Å². The maximum absolute atomic E-state index is 11.8. The Balaban J connectivity index is 2.48. The largest absolute Gasteiger partial charge is 0.293 e. The van der Waals surface area contributed by atoms with Crippen LogP contribution in [0.2, 0.25) is 0 Å². The van der Waals surface area contributed by atoms with Crippen molar-refractivity contribution in [1.82, 2.24) is 0 Å². The minimum atomic E-state index is 0.183. The third-order valence-corrected chi connectivity index (χ3v) is 4.18. The van der Waals surface area contributed by atoms with Gasteiger partial charge in [0.1, 0.15) is 0 Å². The molecule has 0 unspecified atom stereocenters. The third-order valence-electron chi connectivity index (χ3n) is 3.67. The highest BCUT2D eigenvalue weighted by molar-refractivity contribution is 9.09. The monoisotopic (exact) mass is 324 g/mol. The van der Waals surface area contributed by atoms with Crippen LogP contribution in [0.25, 0.3) is 0 Å². The Morgan fingerprint density at radius 1 is 1.11 bits per heavy atom. The number of unbranched alkanes of at least 4 members (excludes halogenated alkanes) is 5. The molecule has 0 aromatic heterocycles. The molecule has 106 valence electrons. The van der Waals surface area contributed by atoms with Crippen molar-refractivity contribution >= 4 is 21.7 Å². The van der Waals surface area contributed by atoms with Crippen LogP contribution in [0, 0.1) is 6.92 Å². The van der Waals surface area contributed by atoms with Crippen LogP contribution < -0.4 is 0 Å². The SMILES string of the molecule is CCCCCCCCc1cccc(C(=O)CBr)c1C. The zero-order valence-electron chi connectivity index (χ0n) is 12.2. The summed E-state index contributed by atoms with van der Waals surface area (Å²) in [5.41, 5.74) is 3.38. The number of carbonyl (C=O) groups excluding carboxylic acids is 1. The molecule has 0 spiro atoms. The highest BCUT2D eigenvalue weighted by Crippen LogP contribution is 2.18. The smallest absolute Gasteiger partial charge is 0.173 e. The molecule has 0 aliphatic heterocycles. The van der Waals surface area contributed by atoms with Crippen LogP contribution in [0.15, 0.2) is 18.2 Å². The number of aryl methyl sites for hydroxylation is 1. The summed E-state index contributed by atoms with van der Waals surface area (Å²) in [6.07, 6.45) is 8.99. The quantitative estimate of drug-likeness (QED) is 0.334. The van der Waals surface area contributed by atoms with Gasteiger partial charge in [-0.15, -0.1) is 0 Å². The summed E-state index contributed by atoms with van der Waals surface area (Å²) in [4.78, 5) is 11.8. The van der Waals surface area contributed by atoms with Crippen LogP contribution in [0.3, 0.4) is 0 Å². The van der Waals surface area contributed by atoms with Crippen LogP contribution in [0.1, 0.15) is 66.9 Å². The molecule has 1 aromatic rings. The number of hydrogen-bond acceptors (Lipinski definition) is 1. The van der Waals surface area contributed by atoms with Crippen LogP contribution in [-0.2, 0) is 6.42 Å². The fourth-order valence-corrected chi connectivity index (χ4v) is 2.73. The molecular formula is C17H25BrO. The first-order valence-electron chi connectivity index (χ1n) is 7.38. The molecule has 0 heterocycles. The lowest BCUT2D eigenvalue weighted by Crippen LogP contribution is -2.05. The van der Waals surface area contributed by atoms with Crippen molar-refractivity contribution in [3.8, 4) is 0 Å². The van der Waals surface area contributed by atoms with Crippen molar-refractivity contribution in [2.75, 3.05) is 5.33 Å². The fourth-order valence-electron chi connectivity index (χ4n) is 2.42. The van der Waals surface area contributed by atoms with Gasteiger partial charge in [-0.1, -0.05) is 73.2 Å². The van der Waals surface area contributed by atoms with E-state index in [0.29, 0.717) is 5.33 Å². The van der Waals surface area contributed by atoms with Gasteiger partial charge in [-0.2, -0.15) is 0 Å². The van der Waals surface area contributed by atoms with Crippen molar-refractivity contribution in [2.24, 2.45) is 0 Å². The van der Waals surface area contributed by atoms with E-state index < -0.39 is 0 Å². The standard InChI is InChI=1S/C17H25BrO/c1-3-4-5-6-7-8-10-15-11-9-12-16(14(15)2)17(19)13-18/h9,11-12H,3-8,10,13H2,1-2H3. The Bertz CT molecular complexity index is 398. The van der Waals surface area contributed by atoms with Gasteiger partial charge in [0.25, 0.3) is 0 Å². The third kappa shape index (κ3) is 5.48. The van der Waals surface area contributed by atoms with E-state index in [2.05, 4.69) is 35.8 Å². The molecule has 1 nitrogen and oxygen atoms in total. The Labute approximate surface area is 125 Å². The molecule has 0 amide bonds. The molecule has 1 aromatic carbocycles. The molecule has 0 aliphatic carbocycles. The predicted octanol–water partition coefficient (Wildman–Crippen LogP) is 5.48. The number of alkyl halides is 1. The molecule has 2 heteroatoms. The van der Waals surface area contributed by atoms with Crippen LogP contribution >= 0.6 is 15.9 Å². The minimum Gasteiger partial charge on any atom is -0.293 e. The summed E-state index contributed by atoms with van der Waals surface area (Å²) in [5, 5.41) is 0.411. The van der Waals surface area contributed by atoms with E-state index in [1.165, 1.54) is 49.7 Å². The van der Waals surface area contributed by atoms with Crippen molar-refractivity contribution in [3.63, 3.8) is 0 Å². The van der Waals surface area contributed by atoms with Crippen molar-refractivity contribution in [1.29, 1.82) is 0 Å². The summed E-state index contributed by atoms with van der Waals surface area (Å²) in [6.45, 7) is 4.32. The average molecular weight is 325 g/mol. The highest BCUT2D eigenvalue weighted by Gasteiger charge is 2.09. The summed E-state index contributed by atoms with van der Waals surface area (Å²) in [6, 6.07) is 6.10. The van der Waals surface area contributed by atoms with E-state index in [1.54, 1.807) is 0 Å². The number of rotatable bonds is 9. The molecule has 0 atom stereocenters. The first kappa shape index (κ1) is 16.4. The van der Waals surface area contributed by atoms with Crippen molar-refractivity contribution in [2.45, 2.75) is 58.8 Å². The lowest BCUT2D eigenvalue weighted by Gasteiger charge is -2.09. The minimum absolute atomic E-state index is 0.183. The summed E-state index contributed by atoms with van der Waals surface area (Å²) >= 11 is 3.25. The summed E-state index contributed by atoms with van der Waals surface area (Å²) < 4.78 is 0. The highest BCUT2D eigenvalue weighted by atomic mass is 79.9. The van der Waals surface area contributed by atoms with E-state index in [1.807, 2.05) is 12.1 Å². The number of benzene rings is 1. The van der Waals surface area contributed by atoms with Crippen LogP contribution in [0.4, 0.5) is 0 Å². The molecular weight excluding hydrogens is 300 g/mol. The van der Waals surface area contributed by atoms with Gasteiger partial charge in [0.2, 0.25) is 0 Å². The first-order chi connectivity index (χ1) is 9.20. The topological polar surface area (TPSA) is 17.1 Å². The van der Waals surface area contributed by atoms with Gasteiger partial charge in [-0.25, -0.2) is 0 Å². The maximum Gasteiger partial charge on any atom is 0.173 e. The van der Waals surface area contributed by atoms with Crippen LogP contribution in [0.5, 0.6) is 0 Å². The average Bonchev–Trinajstić information content (AvgIpc) is 2.43. The molecule has 0 aliphatic rings. The Morgan fingerprint density at radius 3 is 2.47 bits per heavy atom. The van der Waals surface area contributed by atoms with Crippen molar-refractivity contribution in [3.05, 3.63) is 34.9 Å². The lowest BCUT2D eigenvalue weighted by atomic mass is 9.96. The van der Waals surface area contributed by atoms with Gasteiger partial charge < -0.3 is 0 Å². The Kier molecular flexibility index (Phi) is 8.04. The second-order valence-corrected chi connectivity index (χ2v) is 5.73. The predicted molar refractivity (Wildman–Crippen MR) is 86.4 cm³/mol. The number of Topliss-reactive ketones (excluding diaryl/α,β-unsaturated/α-hetero) is 1. The summed E-state index contributed by atoms with van der Waals surface area (Å²) in [7, 11) is 0. The fraction of sp³-hybridized carbons (Fsp3) is 0.588. The van der Waals surface area contributed by atoms with E-state index >= 15 is 0 Å². The number of hydrogen-bond donors (Lipinski definition) is 0. The van der Waals surface area contributed by atoms with Crippen LogP contribution in [-0.4, -0.2) is 11.1 Å². The molecule has 0 saturated heterocycles. The second kappa shape index (κ2) is 9.30. The van der Waals surface area contributed by atoms with Gasteiger partial charge in [0.05, 0.1) is 5.33 Å². The normalized spacial score (nSPS) is 10.7. The van der Waals surface area contributed by atoms with Crippen molar-refractivity contribution < 1.29 is 4.79 Å². The molecule has 1 rings (SSSR count). The van der Waals surface area contributed by atoms with E-state index in [0.717, 1.165) is 12.0 Å². The lowest BCUT2D eigenvalue weighted by molar-refractivity contribution is 0.102. The molecule has 0 N–H and O–H groups in total. The molecule has 0 radical (unpaired) electrons. The van der Waals surface area contributed by atoms with E-state index in [-0.39, 0.29) is 5.78 Å². The first-order valence-corrected chi connectivity index (χ1v) is 8.50. The second-order valence-electron chi connectivity index (χ2n) is 5.16.